The van der Waals surface area contributed by atoms with E-state index in [1.807, 2.05) is 25.1 Å². The summed E-state index contributed by atoms with van der Waals surface area (Å²) in [6.07, 6.45) is 3.63. The molecule has 1 saturated heterocycles. The minimum atomic E-state index is -2.95. The third-order valence-corrected chi connectivity index (χ3v) is 8.77. The summed E-state index contributed by atoms with van der Waals surface area (Å²) >= 11 is 0. The molecule has 4 atom stereocenters. The number of hydrogen-bond acceptors (Lipinski definition) is 6. The summed E-state index contributed by atoms with van der Waals surface area (Å²) in [7, 11) is -0.574. The predicted molar refractivity (Wildman–Crippen MR) is 131 cm³/mol. The molecular weight excluding hydrogens is 451 g/mol. The van der Waals surface area contributed by atoms with Gasteiger partial charge in [-0.3, -0.25) is 0 Å². The molecule has 0 amide bonds. The van der Waals surface area contributed by atoms with Gasteiger partial charge in [0.1, 0.15) is 5.75 Å². The number of aromatic nitrogens is 2. The van der Waals surface area contributed by atoms with Gasteiger partial charge in [0, 0.05) is 10.9 Å². The molecule has 3 aliphatic carbocycles. The number of benzene rings is 2. The van der Waals surface area contributed by atoms with Crippen LogP contribution in [0.25, 0.3) is 22.0 Å². The van der Waals surface area contributed by atoms with Crippen molar-refractivity contribution in [3.63, 3.8) is 0 Å². The van der Waals surface area contributed by atoms with Crippen LogP contribution in [0.2, 0.25) is 0 Å². The van der Waals surface area contributed by atoms with Crippen LogP contribution in [0.15, 0.2) is 36.5 Å². The zero-order valence-corrected chi connectivity index (χ0v) is 20.2. The van der Waals surface area contributed by atoms with Gasteiger partial charge in [0.2, 0.25) is 0 Å². The van der Waals surface area contributed by atoms with Gasteiger partial charge in [0.15, 0.2) is 0 Å². The number of aryl methyl sites for hydroxylation is 1. The molecule has 0 radical (unpaired) electrons. The van der Waals surface area contributed by atoms with Gasteiger partial charge in [0.25, 0.3) is 0 Å². The molecule has 2 N–H and O–H groups in total. The Morgan fingerprint density at radius 1 is 1.17 bits per heavy atom. The minimum absolute atomic E-state index is 0.0167. The summed E-state index contributed by atoms with van der Waals surface area (Å²) in [6.45, 7) is 5.71. The van der Waals surface area contributed by atoms with Gasteiger partial charge in [-0.2, -0.15) is 19.0 Å². The number of nitrogens with two attached hydrogens (primary N) is 1. The molecule has 3 aromatic rings. The number of fused-ring (bicyclic) bond motifs is 1. The first-order chi connectivity index (χ1) is 16.6. The van der Waals surface area contributed by atoms with Crippen molar-refractivity contribution < 1.29 is 22.8 Å². The van der Waals surface area contributed by atoms with E-state index in [4.69, 9.17) is 19.8 Å². The van der Waals surface area contributed by atoms with Crippen molar-refractivity contribution in [2.45, 2.75) is 58.9 Å². The molecule has 2 heterocycles. The highest BCUT2D eigenvalue weighted by molar-refractivity contribution is 6.62. The molecule has 1 aliphatic heterocycles. The molecule has 0 spiro atoms. The zero-order chi connectivity index (χ0) is 24.7. The molecule has 4 aliphatic rings. The summed E-state index contributed by atoms with van der Waals surface area (Å²) in [6, 6.07) is 8.89. The molecule has 4 fully saturated rings. The fourth-order valence-corrected chi connectivity index (χ4v) is 6.62. The summed E-state index contributed by atoms with van der Waals surface area (Å²) in [5.74, 6) is 1.15. The van der Waals surface area contributed by atoms with E-state index >= 15 is 0 Å². The van der Waals surface area contributed by atoms with E-state index in [1.165, 1.54) is 6.20 Å². The van der Waals surface area contributed by atoms with Gasteiger partial charge in [0.05, 0.1) is 29.1 Å². The Balaban J connectivity index is 1.42. The van der Waals surface area contributed by atoms with E-state index in [9.17, 15) is 8.78 Å². The molecule has 6 nitrogen and oxygen atoms in total. The van der Waals surface area contributed by atoms with Crippen molar-refractivity contribution >= 4 is 29.2 Å². The van der Waals surface area contributed by atoms with Gasteiger partial charge in [-0.25, -0.2) is 0 Å². The number of nitrogen functional groups attached to an aromatic ring is 1. The van der Waals surface area contributed by atoms with Crippen LogP contribution in [0.1, 0.15) is 39.2 Å². The Bertz CT molecular complexity index is 1340. The Labute approximate surface area is 203 Å². The second-order valence-corrected chi connectivity index (χ2v) is 10.9. The lowest BCUT2D eigenvalue weighted by Crippen LogP contribution is -2.65. The number of alkyl halides is 2. The number of ether oxygens (including phenoxy) is 1. The monoisotopic (exact) mass is 479 g/mol. The average molecular weight is 479 g/mol. The van der Waals surface area contributed by atoms with Crippen molar-refractivity contribution in [1.29, 1.82) is 0 Å². The van der Waals surface area contributed by atoms with E-state index in [1.54, 1.807) is 12.1 Å². The number of nitrogens with zero attached hydrogens (tertiary/aromatic N) is 2. The van der Waals surface area contributed by atoms with E-state index in [-0.39, 0.29) is 22.9 Å². The second-order valence-electron chi connectivity index (χ2n) is 10.9. The fourth-order valence-electron chi connectivity index (χ4n) is 6.62. The van der Waals surface area contributed by atoms with Crippen LogP contribution < -0.4 is 15.9 Å². The minimum Gasteiger partial charge on any atom is -0.434 e. The third kappa shape index (κ3) is 3.35. The van der Waals surface area contributed by atoms with Gasteiger partial charge < -0.3 is 19.8 Å². The molecular formula is C26H28BF2N3O3. The lowest BCUT2D eigenvalue weighted by Gasteiger charge is -2.64. The molecule has 182 valence electrons. The second kappa shape index (κ2) is 7.61. The first kappa shape index (κ1) is 22.7. The predicted octanol–water partition coefficient (Wildman–Crippen LogP) is 4.72. The molecule has 2 aromatic carbocycles. The first-order valence-corrected chi connectivity index (χ1v) is 12.0. The van der Waals surface area contributed by atoms with Crippen LogP contribution in [0.3, 0.4) is 0 Å². The van der Waals surface area contributed by atoms with E-state index in [0.717, 1.165) is 29.3 Å². The van der Waals surface area contributed by atoms with E-state index in [2.05, 4.69) is 31.0 Å². The van der Waals surface area contributed by atoms with E-state index in [0.29, 0.717) is 34.2 Å². The van der Waals surface area contributed by atoms with Crippen LogP contribution in [0, 0.1) is 24.2 Å². The van der Waals surface area contributed by atoms with Crippen LogP contribution in [-0.2, 0) is 9.31 Å². The van der Waals surface area contributed by atoms with Crippen LogP contribution in [0.4, 0.5) is 14.5 Å². The van der Waals surface area contributed by atoms with Gasteiger partial charge >= 0.3 is 13.7 Å². The number of anilines is 1. The van der Waals surface area contributed by atoms with Crippen molar-refractivity contribution in [1.82, 2.24) is 10.2 Å². The standard InChI is InChI=1S/C26H28BF2N3O3/c1-13-7-21(33-24(28)29)17(14-5-6-16-19(30)12-31-32-20(16)8-14)11-18(13)27-34-23-10-15-9-22(25(15,2)3)26(23,4)35-27/h5-8,11-12,15,22-24H,9-10H2,1-4H3,(H2,30,32)/t15-,22-,23+,26-/m0/s1. The van der Waals surface area contributed by atoms with Gasteiger partial charge in [-0.1, -0.05) is 26.0 Å². The Kier molecular flexibility index (Phi) is 4.93. The maximum absolute atomic E-state index is 13.3. The molecule has 0 unspecified atom stereocenters. The Hall–Kier alpha value is -2.78. The zero-order valence-electron chi connectivity index (χ0n) is 20.2. The summed E-state index contributed by atoms with van der Waals surface area (Å²) in [5.41, 5.74) is 9.70. The van der Waals surface area contributed by atoms with Gasteiger partial charge in [-0.15, -0.1) is 0 Å². The average Bonchev–Trinajstić information content (AvgIpc) is 3.15. The molecule has 1 aromatic heterocycles. The maximum atomic E-state index is 13.3. The van der Waals surface area contributed by atoms with Crippen LogP contribution in [0.5, 0.6) is 5.75 Å². The van der Waals surface area contributed by atoms with E-state index < -0.39 is 13.7 Å². The third-order valence-electron chi connectivity index (χ3n) is 8.77. The topological polar surface area (TPSA) is 79.5 Å². The number of hydrogen-bond donors (Lipinski definition) is 1. The maximum Gasteiger partial charge on any atom is 0.494 e. The molecule has 35 heavy (non-hydrogen) atoms. The molecule has 2 bridgehead atoms. The lowest BCUT2D eigenvalue weighted by atomic mass is 9.43. The highest BCUT2D eigenvalue weighted by Gasteiger charge is 2.68. The molecule has 7 rings (SSSR count). The summed E-state index contributed by atoms with van der Waals surface area (Å²) in [5, 5.41) is 8.81. The SMILES string of the molecule is Cc1cc(OC(F)F)c(-c2ccc3c(N)cnnc3c2)cc1B1O[C@@H]2C[C@@H]3C[C@@H](C3(C)C)[C@]2(C)O1. The Morgan fingerprint density at radius 2 is 1.97 bits per heavy atom. The highest BCUT2D eigenvalue weighted by atomic mass is 19.3. The smallest absolute Gasteiger partial charge is 0.434 e. The fraction of sp³-hybridized carbons (Fsp3) is 0.462. The highest BCUT2D eigenvalue weighted by Crippen LogP contribution is 2.65. The first-order valence-electron chi connectivity index (χ1n) is 12.0. The largest absolute Gasteiger partial charge is 0.494 e. The lowest BCUT2D eigenvalue weighted by molar-refractivity contribution is -0.199. The normalized spacial score (nSPS) is 28.8. The van der Waals surface area contributed by atoms with Crippen molar-refractivity contribution in [3.8, 4) is 16.9 Å². The van der Waals surface area contributed by atoms with Crippen LogP contribution >= 0.6 is 0 Å². The van der Waals surface area contributed by atoms with Gasteiger partial charge in [-0.05, 0) is 78.7 Å². The molecule has 9 heteroatoms. The Morgan fingerprint density at radius 3 is 2.71 bits per heavy atom. The van der Waals surface area contributed by atoms with Crippen molar-refractivity contribution in [3.05, 3.63) is 42.1 Å². The van der Waals surface area contributed by atoms with Crippen molar-refractivity contribution in [2.24, 2.45) is 17.3 Å². The number of halogens is 2. The summed E-state index contributed by atoms with van der Waals surface area (Å²) < 4.78 is 44.7. The van der Waals surface area contributed by atoms with Crippen LogP contribution in [-0.4, -0.2) is 35.6 Å². The quantitative estimate of drug-likeness (QED) is 0.546. The molecule has 3 saturated carbocycles. The van der Waals surface area contributed by atoms with Crippen molar-refractivity contribution in [2.75, 3.05) is 5.73 Å². The number of rotatable bonds is 4. The summed E-state index contributed by atoms with van der Waals surface area (Å²) in [4.78, 5) is 0.